The summed E-state index contributed by atoms with van der Waals surface area (Å²) >= 11 is 11.7. The Hall–Kier alpha value is -2.30. The van der Waals surface area contributed by atoms with E-state index in [1.54, 1.807) is 12.3 Å². The van der Waals surface area contributed by atoms with Crippen molar-refractivity contribution in [2.45, 2.75) is 13.3 Å². The highest BCUT2D eigenvalue weighted by Crippen LogP contribution is 2.26. The monoisotopic (exact) mass is 374 g/mol. The Balaban J connectivity index is 1.54. The molecule has 0 aliphatic rings. The fraction of sp³-hybridized carbons (Fsp3) is 0.158. The van der Waals surface area contributed by atoms with Crippen LogP contribution in [-0.4, -0.2) is 16.6 Å². The van der Waals surface area contributed by atoms with Gasteiger partial charge in [0, 0.05) is 23.7 Å². The fourth-order valence-electron chi connectivity index (χ4n) is 2.21. The van der Waals surface area contributed by atoms with E-state index in [1.165, 1.54) is 0 Å². The van der Waals surface area contributed by atoms with Crippen LogP contribution < -0.4 is 9.47 Å². The van der Waals surface area contributed by atoms with Crippen LogP contribution >= 0.6 is 23.2 Å². The number of halogens is 2. The summed E-state index contributed by atoms with van der Waals surface area (Å²) in [6, 6.07) is 15.2. The molecule has 1 heterocycles. The third kappa shape index (κ3) is 5.08. The minimum Gasteiger partial charge on any atom is -0.477 e. The number of nitrogens with zero attached hydrogens (tertiary/aromatic N) is 2. The summed E-state index contributed by atoms with van der Waals surface area (Å²) < 4.78 is 11.4. The molecular weight excluding hydrogens is 359 g/mol. The molecule has 0 aliphatic carbocycles. The molecule has 0 saturated carbocycles. The van der Waals surface area contributed by atoms with Crippen LogP contribution in [0.3, 0.4) is 0 Å². The molecule has 1 aromatic heterocycles. The average Bonchev–Trinajstić information content (AvgIpc) is 2.60. The molecule has 0 bridgehead atoms. The fourth-order valence-corrected chi connectivity index (χ4v) is 2.47. The smallest absolute Gasteiger partial charge is 0.225 e. The highest BCUT2D eigenvalue weighted by Gasteiger charge is 2.02. The Bertz CT molecular complexity index is 854. The molecule has 6 heteroatoms. The summed E-state index contributed by atoms with van der Waals surface area (Å²) in [4.78, 5) is 7.79. The lowest BCUT2D eigenvalue weighted by molar-refractivity contribution is 0.309. The molecule has 3 aromatic rings. The van der Waals surface area contributed by atoms with Gasteiger partial charge in [0.15, 0.2) is 0 Å². The van der Waals surface area contributed by atoms with E-state index in [4.69, 9.17) is 32.7 Å². The number of hydrogen-bond acceptors (Lipinski definition) is 4. The van der Waals surface area contributed by atoms with Crippen molar-refractivity contribution in [3.05, 3.63) is 76.2 Å². The van der Waals surface area contributed by atoms with Crippen molar-refractivity contribution >= 4 is 23.2 Å². The third-order valence-electron chi connectivity index (χ3n) is 3.53. The number of aryl methyl sites for hydroxylation is 1. The van der Waals surface area contributed by atoms with E-state index in [9.17, 15) is 0 Å². The molecule has 0 radical (unpaired) electrons. The van der Waals surface area contributed by atoms with Crippen molar-refractivity contribution in [3.8, 4) is 17.4 Å². The van der Waals surface area contributed by atoms with Crippen molar-refractivity contribution in [1.82, 2.24) is 9.97 Å². The topological polar surface area (TPSA) is 44.2 Å². The van der Waals surface area contributed by atoms with E-state index >= 15 is 0 Å². The van der Waals surface area contributed by atoms with Gasteiger partial charge in [-0.3, -0.25) is 0 Å². The van der Waals surface area contributed by atoms with Gasteiger partial charge in [0.1, 0.15) is 11.5 Å². The van der Waals surface area contributed by atoms with E-state index in [1.807, 2.05) is 49.4 Å². The molecule has 0 spiro atoms. The van der Waals surface area contributed by atoms with Crippen LogP contribution in [0.2, 0.25) is 10.3 Å². The normalized spacial score (nSPS) is 10.5. The molecule has 3 rings (SSSR count). The summed E-state index contributed by atoms with van der Waals surface area (Å²) in [5.74, 6) is 2.01. The molecule has 0 unspecified atom stereocenters. The molecule has 128 valence electrons. The van der Waals surface area contributed by atoms with Gasteiger partial charge >= 0.3 is 0 Å². The van der Waals surface area contributed by atoms with Gasteiger partial charge in [-0.05, 0) is 60.0 Å². The summed E-state index contributed by atoms with van der Waals surface area (Å²) in [5, 5.41) is 0.907. The predicted octanol–water partition coefficient (Wildman–Crippen LogP) is 5.51. The van der Waals surface area contributed by atoms with E-state index in [0.717, 1.165) is 34.1 Å². The maximum Gasteiger partial charge on any atom is 0.225 e. The quantitative estimate of drug-likeness (QED) is 0.533. The van der Waals surface area contributed by atoms with Crippen molar-refractivity contribution in [2.75, 3.05) is 6.61 Å². The predicted molar refractivity (Wildman–Crippen MR) is 98.9 cm³/mol. The molecule has 4 nitrogen and oxygen atoms in total. The molecule has 25 heavy (non-hydrogen) atoms. The first-order valence-corrected chi connectivity index (χ1v) is 8.50. The minimum atomic E-state index is 0.177. The highest BCUT2D eigenvalue weighted by molar-refractivity contribution is 6.31. The van der Waals surface area contributed by atoms with Gasteiger partial charge in [0.05, 0.1) is 6.61 Å². The minimum absolute atomic E-state index is 0.177. The first-order valence-electron chi connectivity index (χ1n) is 7.74. The zero-order valence-corrected chi connectivity index (χ0v) is 15.1. The second kappa shape index (κ2) is 8.19. The van der Waals surface area contributed by atoms with Crippen molar-refractivity contribution < 1.29 is 9.47 Å². The van der Waals surface area contributed by atoms with E-state index in [-0.39, 0.29) is 5.28 Å². The molecule has 0 atom stereocenters. The van der Waals surface area contributed by atoms with Crippen LogP contribution in [-0.2, 0) is 6.42 Å². The summed E-state index contributed by atoms with van der Waals surface area (Å²) in [6.07, 6.45) is 2.32. The largest absolute Gasteiger partial charge is 0.477 e. The number of rotatable bonds is 6. The molecule has 0 fully saturated rings. The first kappa shape index (κ1) is 17.5. The van der Waals surface area contributed by atoms with Gasteiger partial charge in [-0.2, -0.15) is 4.98 Å². The Labute approximate surface area is 156 Å². The maximum absolute atomic E-state index is 6.02. The standard InChI is InChI=1S/C19H16Cl2N2O2/c1-13-12-16(6-7-17(13)20)25-15-4-2-14(3-5-15)9-11-24-18-8-10-22-19(21)23-18/h2-8,10,12H,9,11H2,1H3. The zero-order chi connectivity index (χ0) is 17.6. The summed E-state index contributed by atoms with van der Waals surface area (Å²) in [7, 11) is 0. The van der Waals surface area contributed by atoms with Crippen LogP contribution in [0.4, 0.5) is 0 Å². The van der Waals surface area contributed by atoms with E-state index < -0.39 is 0 Å². The molecular formula is C19H16Cl2N2O2. The number of aromatic nitrogens is 2. The lowest BCUT2D eigenvalue weighted by Crippen LogP contribution is -2.03. The summed E-state index contributed by atoms with van der Waals surface area (Å²) in [6.45, 7) is 2.45. The molecule has 2 aromatic carbocycles. The van der Waals surface area contributed by atoms with Crippen LogP contribution in [0.25, 0.3) is 0 Å². The SMILES string of the molecule is Cc1cc(Oc2ccc(CCOc3ccnc(Cl)n3)cc2)ccc1Cl. The molecule has 0 saturated heterocycles. The van der Waals surface area contributed by atoms with Gasteiger partial charge in [-0.15, -0.1) is 0 Å². The summed E-state index contributed by atoms with van der Waals surface area (Å²) in [5.41, 5.74) is 2.12. The van der Waals surface area contributed by atoms with Gasteiger partial charge < -0.3 is 9.47 Å². The van der Waals surface area contributed by atoms with Gasteiger partial charge in [-0.1, -0.05) is 23.7 Å². The molecule has 0 amide bonds. The zero-order valence-electron chi connectivity index (χ0n) is 13.6. The van der Waals surface area contributed by atoms with E-state index in [0.29, 0.717) is 12.5 Å². The Kier molecular flexibility index (Phi) is 5.74. The second-order valence-electron chi connectivity index (χ2n) is 5.42. The Morgan fingerprint density at radius 2 is 1.72 bits per heavy atom. The Morgan fingerprint density at radius 1 is 0.960 bits per heavy atom. The first-order chi connectivity index (χ1) is 12.1. The average molecular weight is 375 g/mol. The van der Waals surface area contributed by atoms with Crippen molar-refractivity contribution in [1.29, 1.82) is 0 Å². The lowest BCUT2D eigenvalue weighted by Gasteiger charge is -2.09. The molecule has 0 N–H and O–H groups in total. The van der Waals surface area contributed by atoms with E-state index in [2.05, 4.69) is 9.97 Å². The highest BCUT2D eigenvalue weighted by atomic mass is 35.5. The number of benzene rings is 2. The van der Waals surface area contributed by atoms with Crippen LogP contribution in [0.5, 0.6) is 17.4 Å². The number of hydrogen-bond donors (Lipinski definition) is 0. The maximum atomic E-state index is 6.02. The van der Waals surface area contributed by atoms with Gasteiger partial charge in [0.25, 0.3) is 0 Å². The molecule has 0 aliphatic heterocycles. The lowest BCUT2D eigenvalue weighted by atomic mass is 10.1. The van der Waals surface area contributed by atoms with Crippen molar-refractivity contribution in [2.24, 2.45) is 0 Å². The third-order valence-corrected chi connectivity index (χ3v) is 4.14. The Morgan fingerprint density at radius 3 is 2.44 bits per heavy atom. The van der Waals surface area contributed by atoms with Gasteiger partial charge in [0.2, 0.25) is 11.2 Å². The van der Waals surface area contributed by atoms with Crippen molar-refractivity contribution in [3.63, 3.8) is 0 Å². The van der Waals surface area contributed by atoms with Crippen LogP contribution in [0, 0.1) is 6.92 Å². The number of ether oxygens (including phenoxy) is 2. The van der Waals surface area contributed by atoms with Gasteiger partial charge in [-0.25, -0.2) is 4.98 Å². The second-order valence-corrected chi connectivity index (χ2v) is 6.16. The van der Waals surface area contributed by atoms with Crippen LogP contribution in [0.15, 0.2) is 54.7 Å². The van der Waals surface area contributed by atoms with Crippen LogP contribution in [0.1, 0.15) is 11.1 Å².